The third kappa shape index (κ3) is 2.77. The Morgan fingerprint density at radius 2 is 1.88 bits per heavy atom. The third-order valence-corrected chi connectivity index (χ3v) is 3.54. The van der Waals surface area contributed by atoms with Crippen molar-refractivity contribution in [2.24, 2.45) is 5.73 Å². The van der Waals surface area contributed by atoms with Gasteiger partial charge in [0.2, 0.25) is 0 Å². The Kier molecular flexibility index (Phi) is 4.81. The highest BCUT2D eigenvalue weighted by Gasteiger charge is 2.15. The van der Waals surface area contributed by atoms with E-state index in [1.165, 1.54) is 11.1 Å². The van der Waals surface area contributed by atoms with Gasteiger partial charge >= 0.3 is 0 Å². The summed E-state index contributed by atoms with van der Waals surface area (Å²) in [6.07, 6.45) is 0. The van der Waals surface area contributed by atoms with E-state index in [2.05, 4.69) is 48.8 Å². The molecule has 3 heteroatoms. The number of hydrogen-bond donors (Lipinski definition) is 1. The lowest BCUT2D eigenvalue weighted by molar-refractivity contribution is 0.405. The average molecular weight is 286 g/mol. The van der Waals surface area contributed by atoms with Gasteiger partial charge in [0, 0.05) is 4.47 Å². The van der Waals surface area contributed by atoms with Crippen molar-refractivity contribution in [1.29, 1.82) is 0 Å². The molecule has 1 atom stereocenters. The summed E-state index contributed by atoms with van der Waals surface area (Å²) >= 11 is 3.61. The molecule has 0 amide bonds. The van der Waals surface area contributed by atoms with Gasteiger partial charge < -0.3 is 10.5 Å². The first-order valence-electron chi connectivity index (χ1n) is 5.58. The van der Waals surface area contributed by atoms with Gasteiger partial charge in [-0.25, -0.2) is 0 Å². The van der Waals surface area contributed by atoms with Crippen molar-refractivity contribution in [2.75, 3.05) is 13.7 Å². The van der Waals surface area contributed by atoms with Crippen molar-refractivity contribution in [3.05, 3.63) is 27.7 Å². The largest absolute Gasteiger partial charge is 0.496 e. The number of benzene rings is 1. The standard InChI is InChI=1S/C13H20BrNO/c1-8(2)10-6-13(16-4)11(5-12(10)14)9(3)7-15/h5-6,8-9H,7,15H2,1-4H3. The molecule has 1 aromatic rings. The van der Waals surface area contributed by atoms with Crippen LogP contribution in [-0.2, 0) is 0 Å². The van der Waals surface area contributed by atoms with Crippen molar-refractivity contribution in [3.63, 3.8) is 0 Å². The number of halogens is 1. The van der Waals surface area contributed by atoms with Crippen molar-refractivity contribution in [1.82, 2.24) is 0 Å². The molecule has 2 nitrogen and oxygen atoms in total. The van der Waals surface area contributed by atoms with E-state index in [1.54, 1.807) is 7.11 Å². The summed E-state index contributed by atoms with van der Waals surface area (Å²) in [4.78, 5) is 0. The van der Waals surface area contributed by atoms with E-state index in [4.69, 9.17) is 10.5 Å². The zero-order chi connectivity index (χ0) is 12.3. The first kappa shape index (κ1) is 13.5. The summed E-state index contributed by atoms with van der Waals surface area (Å²) in [5, 5.41) is 0. The Bertz CT molecular complexity index is 363. The Balaban J connectivity index is 3.26. The predicted octanol–water partition coefficient (Wildman–Crippen LogP) is 3.64. The van der Waals surface area contributed by atoms with E-state index >= 15 is 0 Å². The smallest absolute Gasteiger partial charge is 0.122 e. The van der Waals surface area contributed by atoms with Crippen LogP contribution in [0.15, 0.2) is 16.6 Å². The molecule has 16 heavy (non-hydrogen) atoms. The van der Waals surface area contributed by atoms with Gasteiger partial charge in [0.05, 0.1) is 7.11 Å². The van der Waals surface area contributed by atoms with Gasteiger partial charge in [-0.15, -0.1) is 0 Å². The fourth-order valence-corrected chi connectivity index (χ4v) is 2.53. The first-order valence-corrected chi connectivity index (χ1v) is 6.37. The van der Waals surface area contributed by atoms with Crippen LogP contribution in [0, 0.1) is 0 Å². The number of hydrogen-bond acceptors (Lipinski definition) is 2. The molecule has 0 aromatic heterocycles. The van der Waals surface area contributed by atoms with E-state index in [9.17, 15) is 0 Å². The molecule has 1 rings (SSSR count). The summed E-state index contributed by atoms with van der Waals surface area (Å²) in [7, 11) is 1.71. The Labute approximate surface area is 106 Å². The van der Waals surface area contributed by atoms with Crippen LogP contribution in [0.5, 0.6) is 5.75 Å². The monoisotopic (exact) mass is 285 g/mol. The zero-order valence-electron chi connectivity index (χ0n) is 10.4. The van der Waals surface area contributed by atoms with Crippen LogP contribution in [-0.4, -0.2) is 13.7 Å². The molecule has 0 fully saturated rings. The minimum absolute atomic E-state index is 0.312. The maximum Gasteiger partial charge on any atom is 0.122 e. The second-order valence-corrected chi connectivity index (χ2v) is 5.26. The van der Waals surface area contributed by atoms with E-state index in [1.807, 2.05) is 0 Å². The zero-order valence-corrected chi connectivity index (χ0v) is 12.0. The lowest BCUT2D eigenvalue weighted by atomic mass is 9.95. The normalized spacial score (nSPS) is 12.9. The highest BCUT2D eigenvalue weighted by atomic mass is 79.9. The minimum atomic E-state index is 0.312. The van der Waals surface area contributed by atoms with Crippen LogP contribution >= 0.6 is 15.9 Å². The Morgan fingerprint density at radius 1 is 1.25 bits per heavy atom. The molecular formula is C13H20BrNO. The minimum Gasteiger partial charge on any atom is -0.496 e. The molecular weight excluding hydrogens is 266 g/mol. The number of ether oxygens (including phenoxy) is 1. The Morgan fingerprint density at radius 3 is 2.31 bits per heavy atom. The highest BCUT2D eigenvalue weighted by Crippen LogP contribution is 2.35. The molecule has 0 heterocycles. The van der Waals surface area contributed by atoms with Gasteiger partial charge in [-0.1, -0.05) is 36.7 Å². The first-order chi connectivity index (χ1) is 7.51. The molecule has 0 radical (unpaired) electrons. The summed E-state index contributed by atoms with van der Waals surface area (Å²) in [5.41, 5.74) is 8.14. The van der Waals surface area contributed by atoms with Gasteiger partial charge in [0.1, 0.15) is 5.75 Å². The molecule has 0 aliphatic rings. The van der Waals surface area contributed by atoms with Crippen molar-refractivity contribution >= 4 is 15.9 Å². The van der Waals surface area contributed by atoms with Crippen LogP contribution in [0.2, 0.25) is 0 Å². The second-order valence-electron chi connectivity index (χ2n) is 4.41. The average Bonchev–Trinajstić information content (AvgIpc) is 2.27. The van der Waals surface area contributed by atoms with Gasteiger partial charge in [0.15, 0.2) is 0 Å². The van der Waals surface area contributed by atoms with Crippen molar-refractivity contribution in [3.8, 4) is 5.75 Å². The SMILES string of the molecule is COc1cc(C(C)C)c(Br)cc1C(C)CN. The summed E-state index contributed by atoms with van der Waals surface area (Å²) in [5.74, 6) is 1.72. The molecule has 0 saturated carbocycles. The number of methoxy groups -OCH3 is 1. The number of rotatable bonds is 4. The molecule has 0 aliphatic heterocycles. The van der Waals surface area contributed by atoms with E-state index in [-0.39, 0.29) is 0 Å². The van der Waals surface area contributed by atoms with Gasteiger partial charge in [0.25, 0.3) is 0 Å². The molecule has 0 saturated heterocycles. The van der Waals surface area contributed by atoms with Crippen LogP contribution < -0.4 is 10.5 Å². The number of nitrogens with two attached hydrogens (primary N) is 1. The maximum atomic E-state index is 5.70. The second kappa shape index (κ2) is 5.69. The molecule has 90 valence electrons. The summed E-state index contributed by atoms with van der Waals surface area (Å²) in [6.45, 7) is 7.08. The summed E-state index contributed by atoms with van der Waals surface area (Å²) < 4.78 is 6.58. The van der Waals surface area contributed by atoms with Gasteiger partial charge in [-0.3, -0.25) is 0 Å². The molecule has 0 aliphatic carbocycles. The molecule has 0 bridgehead atoms. The van der Waals surface area contributed by atoms with E-state index < -0.39 is 0 Å². The van der Waals surface area contributed by atoms with Crippen molar-refractivity contribution in [2.45, 2.75) is 32.6 Å². The third-order valence-electron chi connectivity index (χ3n) is 2.86. The van der Waals surface area contributed by atoms with Crippen LogP contribution in [0.4, 0.5) is 0 Å². The fraction of sp³-hybridized carbons (Fsp3) is 0.538. The van der Waals surface area contributed by atoms with E-state index in [0.29, 0.717) is 18.4 Å². The predicted molar refractivity (Wildman–Crippen MR) is 72.3 cm³/mol. The molecule has 1 unspecified atom stereocenters. The molecule has 0 spiro atoms. The van der Waals surface area contributed by atoms with Crippen LogP contribution in [0.1, 0.15) is 43.7 Å². The highest BCUT2D eigenvalue weighted by molar-refractivity contribution is 9.10. The molecule has 1 aromatic carbocycles. The molecule has 2 N–H and O–H groups in total. The van der Waals surface area contributed by atoms with Gasteiger partial charge in [-0.2, -0.15) is 0 Å². The van der Waals surface area contributed by atoms with E-state index in [0.717, 1.165) is 10.2 Å². The van der Waals surface area contributed by atoms with Gasteiger partial charge in [-0.05, 0) is 41.6 Å². The lowest BCUT2D eigenvalue weighted by Gasteiger charge is -2.18. The maximum absolute atomic E-state index is 5.70. The lowest BCUT2D eigenvalue weighted by Crippen LogP contribution is -2.10. The van der Waals surface area contributed by atoms with Crippen molar-refractivity contribution < 1.29 is 4.74 Å². The Hall–Kier alpha value is -0.540. The summed E-state index contributed by atoms with van der Waals surface area (Å²) in [6, 6.07) is 4.24. The fourth-order valence-electron chi connectivity index (χ4n) is 1.72. The topological polar surface area (TPSA) is 35.2 Å². The quantitative estimate of drug-likeness (QED) is 0.917. The van der Waals surface area contributed by atoms with Crippen LogP contribution in [0.25, 0.3) is 0 Å². The van der Waals surface area contributed by atoms with Crippen LogP contribution in [0.3, 0.4) is 0 Å².